The van der Waals surface area contributed by atoms with Gasteiger partial charge in [-0.3, -0.25) is 4.79 Å². The summed E-state index contributed by atoms with van der Waals surface area (Å²) in [6.07, 6.45) is 16.2. The molecule has 0 heterocycles. The van der Waals surface area contributed by atoms with E-state index in [0.717, 1.165) is 31.5 Å². The first-order valence-electron chi connectivity index (χ1n) is 13.5. The monoisotopic (exact) mass is 479 g/mol. The first-order chi connectivity index (χ1) is 17.0. The van der Waals surface area contributed by atoms with Crippen molar-refractivity contribution in [3.8, 4) is 5.75 Å². The maximum absolute atomic E-state index is 13.1. The van der Waals surface area contributed by atoms with Crippen LogP contribution in [0.1, 0.15) is 117 Å². The topological polar surface area (TPSA) is 77.8 Å². The maximum atomic E-state index is 13.1. The second-order valence-electron chi connectivity index (χ2n) is 9.84. The second-order valence-corrected chi connectivity index (χ2v) is 9.84. The number of rotatable bonds is 14. The molecule has 5 nitrogen and oxygen atoms in total. The number of phenolic OH excluding ortho intramolecular Hbond substituents is 1. The van der Waals surface area contributed by atoms with Gasteiger partial charge >= 0.3 is 5.97 Å². The number of hydrogen-bond acceptors (Lipinski definition) is 4. The maximum Gasteiger partial charge on any atom is 0.336 e. The lowest BCUT2D eigenvalue weighted by atomic mass is 9.93. The summed E-state index contributed by atoms with van der Waals surface area (Å²) in [6.45, 7) is 3.20. The van der Waals surface area contributed by atoms with Gasteiger partial charge in [-0.25, -0.2) is 4.79 Å². The Balaban J connectivity index is 1.71. The van der Waals surface area contributed by atoms with Crippen molar-refractivity contribution in [2.75, 3.05) is 11.4 Å². The van der Waals surface area contributed by atoms with Crippen molar-refractivity contribution in [2.45, 2.75) is 96.4 Å². The Morgan fingerprint density at radius 1 is 0.829 bits per heavy atom. The van der Waals surface area contributed by atoms with E-state index in [1.54, 1.807) is 24.3 Å². The number of carboxylic acids is 1. The van der Waals surface area contributed by atoms with Crippen LogP contribution >= 0.6 is 0 Å². The van der Waals surface area contributed by atoms with Crippen molar-refractivity contribution < 1.29 is 19.8 Å². The number of nitrogens with zero attached hydrogens (tertiary/aromatic N) is 1. The van der Waals surface area contributed by atoms with Crippen molar-refractivity contribution in [1.82, 2.24) is 0 Å². The van der Waals surface area contributed by atoms with Gasteiger partial charge in [0.1, 0.15) is 5.75 Å². The van der Waals surface area contributed by atoms with Crippen LogP contribution in [-0.4, -0.2) is 34.6 Å². The zero-order chi connectivity index (χ0) is 25.0. The number of carbonyl (C=O) groups is 2. The highest BCUT2D eigenvalue weighted by atomic mass is 16.4. The van der Waals surface area contributed by atoms with E-state index in [9.17, 15) is 19.8 Å². The van der Waals surface area contributed by atoms with Gasteiger partial charge in [0.25, 0.3) is 0 Å². The predicted octanol–water partition coefficient (Wildman–Crippen LogP) is 7.60. The summed E-state index contributed by atoms with van der Waals surface area (Å²) in [5.41, 5.74) is 1.11. The predicted molar refractivity (Wildman–Crippen MR) is 142 cm³/mol. The molecule has 1 saturated carbocycles. The number of ketones is 1. The number of aromatic hydroxyl groups is 1. The van der Waals surface area contributed by atoms with E-state index in [1.807, 2.05) is 6.07 Å². The van der Waals surface area contributed by atoms with Gasteiger partial charge in [0.2, 0.25) is 0 Å². The Kier molecular flexibility index (Phi) is 10.6. The van der Waals surface area contributed by atoms with Crippen LogP contribution in [0.25, 0.3) is 0 Å². The van der Waals surface area contributed by atoms with Crippen LogP contribution in [0, 0.1) is 0 Å². The first kappa shape index (κ1) is 26.8. The standard InChI is InChI=1S/C30H41NO4/c1-2-3-4-5-6-7-8-14-21-31(23-15-10-9-11-16-23)24-19-20-27(28(32)22-24)29(33)25-17-12-13-18-26(25)30(34)35/h12-13,17-20,22-23,32H,2-11,14-16,21H2,1H3,(H,34,35). The molecule has 0 unspecified atom stereocenters. The summed E-state index contributed by atoms with van der Waals surface area (Å²) in [4.78, 5) is 27.1. The van der Waals surface area contributed by atoms with Crippen LogP contribution in [0.4, 0.5) is 5.69 Å². The lowest BCUT2D eigenvalue weighted by Crippen LogP contribution is -2.37. The van der Waals surface area contributed by atoms with E-state index >= 15 is 0 Å². The number of benzene rings is 2. The molecule has 2 N–H and O–H groups in total. The molecule has 5 heteroatoms. The molecule has 0 spiro atoms. The second kappa shape index (κ2) is 13.9. The summed E-state index contributed by atoms with van der Waals surface area (Å²) in [5, 5.41) is 20.3. The number of phenols is 1. The fourth-order valence-electron chi connectivity index (χ4n) is 5.23. The smallest absolute Gasteiger partial charge is 0.336 e. The highest BCUT2D eigenvalue weighted by Crippen LogP contribution is 2.32. The summed E-state index contributed by atoms with van der Waals surface area (Å²) in [6, 6.07) is 11.9. The molecule has 0 radical (unpaired) electrons. The Hall–Kier alpha value is -2.82. The van der Waals surface area contributed by atoms with E-state index in [1.165, 1.54) is 76.3 Å². The average Bonchev–Trinajstić information content (AvgIpc) is 2.88. The SMILES string of the molecule is CCCCCCCCCCN(c1ccc(C(=O)c2ccccc2C(=O)O)c(O)c1)C1CCCCC1. The fourth-order valence-corrected chi connectivity index (χ4v) is 5.23. The first-order valence-corrected chi connectivity index (χ1v) is 13.5. The van der Waals surface area contributed by atoms with E-state index < -0.39 is 11.8 Å². The molecule has 0 amide bonds. The lowest BCUT2D eigenvalue weighted by molar-refractivity contribution is 0.0692. The molecule has 0 aromatic heterocycles. The van der Waals surface area contributed by atoms with Gasteiger partial charge in [-0.2, -0.15) is 0 Å². The minimum absolute atomic E-state index is 0.0560. The zero-order valence-electron chi connectivity index (χ0n) is 21.2. The largest absolute Gasteiger partial charge is 0.507 e. The van der Waals surface area contributed by atoms with E-state index in [0.29, 0.717) is 6.04 Å². The van der Waals surface area contributed by atoms with Gasteiger partial charge in [-0.15, -0.1) is 0 Å². The minimum Gasteiger partial charge on any atom is -0.507 e. The molecule has 2 aromatic rings. The molecule has 0 bridgehead atoms. The summed E-state index contributed by atoms with van der Waals surface area (Å²) >= 11 is 0. The van der Waals surface area contributed by atoms with Crippen LogP contribution in [0.3, 0.4) is 0 Å². The number of aromatic carboxylic acids is 1. The van der Waals surface area contributed by atoms with E-state index in [2.05, 4.69) is 11.8 Å². The Morgan fingerprint density at radius 2 is 1.46 bits per heavy atom. The Morgan fingerprint density at radius 3 is 2.09 bits per heavy atom. The van der Waals surface area contributed by atoms with Gasteiger partial charge in [0.15, 0.2) is 5.78 Å². The average molecular weight is 480 g/mol. The molecule has 1 aliphatic rings. The molecule has 190 valence electrons. The van der Waals surface area contributed by atoms with Crippen molar-refractivity contribution in [3.63, 3.8) is 0 Å². The summed E-state index contributed by atoms with van der Waals surface area (Å²) < 4.78 is 0. The third-order valence-corrected chi connectivity index (χ3v) is 7.23. The van der Waals surface area contributed by atoms with Crippen LogP contribution < -0.4 is 4.90 Å². The van der Waals surface area contributed by atoms with E-state index in [-0.39, 0.29) is 22.4 Å². The Labute approximate surface area is 210 Å². The number of carbonyl (C=O) groups excluding carboxylic acids is 1. The molecular formula is C30H41NO4. The van der Waals surface area contributed by atoms with Gasteiger partial charge < -0.3 is 15.1 Å². The van der Waals surface area contributed by atoms with Gasteiger partial charge in [0.05, 0.1) is 11.1 Å². The molecule has 0 atom stereocenters. The number of carboxylic acid groups (broad SMARTS) is 1. The van der Waals surface area contributed by atoms with Crippen LogP contribution in [-0.2, 0) is 0 Å². The molecule has 0 saturated heterocycles. The van der Waals surface area contributed by atoms with Crippen LogP contribution in [0.15, 0.2) is 42.5 Å². The van der Waals surface area contributed by atoms with Crippen LogP contribution in [0.2, 0.25) is 0 Å². The number of unbranched alkanes of at least 4 members (excludes halogenated alkanes) is 7. The van der Waals surface area contributed by atoms with Gasteiger partial charge in [0, 0.05) is 29.9 Å². The minimum atomic E-state index is -1.15. The molecular weight excluding hydrogens is 438 g/mol. The van der Waals surface area contributed by atoms with Crippen molar-refractivity contribution in [2.24, 2.45) is 0 Å². The van der Waals surface area contributed by atoms with Crippen molar-refractivity contribution in [3.05, 3.63) is 59.2 Å². The molecule has 0 aliphatic heterocycles. The summed E-state index contributed by atoms with van der Waals surface area (Å²) in [5.74, 6) is -1.72. The number of hydrogen-bond donors (Lipinski definition) is 2. The third-order valence-electron chi connectivity index (χ3n) is 7.23. The zero-order valence-corrected chi connectivity index (χ0v) is 21.2. The summed E-state index contributed by atoms with van der Waals surface area (Å²) in [7, 11) is 0. The van der Waals surface area contributed by atoms with Gasteiger partial charge in [-0.05, 0) is 37.5 Å². The van der Waals surface area contributed by atoms with Crippen molar-refractivity contribution >= 4 is 17.4 Å². The number of anilines is 1. The molecule has 2 aromatic carbocycles. The highest BCUT2D eigenvalue weighted by molar-refractivity contribution is 6.15. The fraction of sp³-hybridized carbons (Fsp3) is 0.533. The molecule has 35 heavy (non-hydrogen) atoms. The van der Waals surface area contributed by atoms with E-state index in [4.69, 9.17) is 0 Å². The Bertz CT molecular complexity index is 965. The normalized spacial score (nSPS) is 14.1. The molecule has 1 aliphatic carbocycles. The van der Waals surface area contributed by atoms with Crippen molar-refractivity contribution in [1.29, 1.82) is 0 Å². The molecule has 3 rings (SSSR count). The van der Waals surface area contributed by atoms with Gasteiger partial charge in [-0.1, -0.05) is 89.3 Å². The highest BCUT2D eigenvalue weighted by Gasteiger charge is 2.24. The lowest BCUT2D eigenvalue weighted by Gasteiger charge is -2.36. The third kappa shape index (κ3) is 7.58. The quantitative estimate of drug-likeness (QED) is 0.215. The van der Waals surface area contributed by atoms with Crippen LogP contribution in [0.5, 0.6) is 5.75 Å². The molecule has 1 fully saturated rings.